The number of aromatic hydroxyl groups is 1. The van der Waals surface area contributed by atoms with Crippen LogP contribution in [0.3, 0.4) is 0 Å². The number of Topliss-reactive ketones (excluding diaryl/α,β-unsaturated/α-hetero) is 1. The van der Waals surface area contributed by atoms with E-state index in [0.29, 0.717) is 34.5 Å². The monoisotopic (exact) mass is 376 g/mol. The van der Waals surface area contributed by atoms with Crippen molar-refractivity contribution in [3.8, 4) is 5.75 Å². The number of H-pyrrole nitrogens is 1. The molecule has 0 bridgehead atoms. The molecule has 1 aromatic carbocycles. The van der Waals surface area contributed by atoms with Crippen LogP contribution in [-0.4, -0.2) is 38.9 Å². The molecule has 28 heavy (non-hydrogen) atoms. The number of benzene rings is 1. The van der Waals surface area contributed by atoms with Gasteiger partial charge in [-0.1, -0.05) is 18.2 Å². The highest BCUT2D eigenvalue weighted by Gasteiger charge is 2.31. The standard InChI is InChI=1S/C21H20N4O3/c26-16-6-2-1-5-13(16)12-9-14-15(17(27)10-12)11-22-19-18(14)20(28)24-21(23-19)25-7-3-4-8-25/h1-2,5-6,11-12,26H,3-4,7-10H2,(H,22,23,24,28)/t12-/m1/s1. The number of fused-ring (bicyclic) bond motifs is 3. The molecular formula is C21H20N4O3. The summed E-state index contributed by atoms with van der Waals surface area (Å²) in [6, 6.07) is 7.05. The van der Waals surface area contributed by atoms with Crippen molar-refractivity contribution in [2.45, 2.75) is 31.6 Å². The van der Waals surface area contributed by atoms with Crippen molar-refractivity contribution >= 4 is 22.8 Å². The van der Waals surface area contributed by atoms with E-state index in [1.165, 1.54) is 0 Å². The molecule has 0 saturated carbocycles. The lowest BCUT2D eigenvalue weighted by Gasteiger charge is -2.25. The highest BCUT2D eigenvalue weighted by atomic mass is 16.3. The van der Waals surface area contributed by atoms with Gasteiger partial charge in [0, 0.05) is 31.3 Å². The van der Waals surface area contributed by atoms with Crippen molar-refractivity contribution in [1.29, 1.82) is 0 Å². The summed E-state index contributed by atoms with van der Waals surface area (Å²) in [5.74, 6) is 0.476. The molecule has 3 aromatic rings. The molecule has 142 valence electrons. The molecule has 1 atom stereocenters. The van der Waals surface area contributed by atoms with Gasteiger partial charge < -0.3 is 10.0 Å². The smallest absolute Gasteiger partial charge is 0.262 e. The van der Waals surface area contributed by atoms with Gasteiger partial charge in [-0.25, -0.2) is 4.98 Å². The number of aromatic nitrogens is 3. The predicted molar refractivity (Wildman–Crippen MR) is 105 cm³/mol. The Morgan fingerprint density at radius 2 is 1.89 bits per heavy atom. The van der Waals surface area contributed by atoms with Crippen LogP contribution in [0.5, 0.6) is 5.75 Å². The van der Waals surface area contributed by atoms with Crippen LogP contribution in [-0.2, 0) is 6.42 Å². The number of aromatic amines is 1. The maximum atomic E-state index is 12.9. The number of para-hydroxylation sites is 1. The molecule has 1 saturated heterocycles. The molecule has 7 heteroatoms. The predicted octanol–water partition coefficient (Wildman–Crippen LogP) is 2.54. The third kappa shape index (κ3) is 2.66. The number of carbonyl (C=O) groups is 1. The van der Waals surface area contributed by atoms with E-state index in [4.69, 9.17) is 0 Å². The van der Waals surface area contributed by atoms with Crippen LogP contribution in [0, 0.1) is 0 Å². The highest BCUT2D eigenvalue weighted by Crippen LogP contribution is 2.37. The van der Waals surface area contributed by atoms with Crippen molar-refractivity contribution in [3.05, 3.63) is 57.5 Å². The number of nitrogens with zero attached hydrogens (tertiary/aromatic N) is 3. The lowest BCUT2D eigenvalue weighted by molar-refractivity contribution is 0.0964. The first-order valence-electron chi connectivity index (χ1n) is 9.60. The summed E-state index contributed by atoms with van der Waals surface area (Å²) in [6.07, 6.45) is 4.48. The zero-order valence-electron chi connectivity index (χ0n) is 15.3. The average Bonchev–Trinajstić information content (AvgIpc) is 3.22. The Balaban J connectivity index is 1.64. The first kappa shape index (κ1) is 16.9. The number of anilines is 1. The van der Waals surface area contributed by atoms with E-state index in [-0.39, 0.29) is 29.4 Å². The van der Waals surface area contributed by atoms with Gasteiger partial charge in [0.15, 0.2) is 11.4 Å². The number of pyridine rings is 1. The summed E-state index contributed by atoms with van der Waals surface area (Å²) in [5.41, 5.74) is 2.00. The van der Waals surface area contributed by atoms with Crippen molar-refractivity contribution < 1.29 is 9.90 Å². The highest BCUT2D eigenvalue weighted by molar-refractivity contribution is 6.02. The first-order valence-corrected chi connectivity index (χ1v) is 9.60. The second-order valence-corrected chi connectivity index (χ2v) is 7.52. The van der Waals surface area contributed by atoms with Gasteiger partial charge in [0.05, 0.1) is 5.39 Å². The van der Waals surface area contributed by atoms with Gasteiger partial charge in [-0.3, -0.25) is 14.6 Å². The van der Waals surface area contributed by atoms with Gasteiger partial charge in [0.2, 0.25) is 5.95 Å². The van der Waals surface area contributed by atoms with Crippen molar-refractivity contribution in [2.75, 3.05) is 18.0 Å². The van der Waals surface area contributed by atoms with Crippen LogP contribution in [0.2, 0.25) is 0 Å². The van der Waals surface area contributed by atoms with Crippen LogP contribution < -0.4 is 10.5 Å². The van der Waals surface area contributed by atoms with Crippen LogP contribution in [0.25, 0.3) is 11.0 Å². The van der Waals surface area contributed by atoms with Crippen molar-refractivity contribution in [3.63, 3.8) is 0 Å². The SMILES string of the molecule is O=C1C[C@H](c2ccccc2O)Cc2c1cnc1nc(N3CCCC3)[nH]c(=O)c21. The number of rotatable bonds is 2. The molecule has 0 radical (unpaired) electrons. The molecule has 1 aliphatic heterocycles. The van der Waals surface area contributed by atoms with Gasteiger partial charge in [0.1, 0.15) is 5.75 Å². The second-order valence-electron chi connectivity index (χ2n) is 7.52. The fraction of sp³-hybridized carbons (Fsp3) is 0.333. The van der Waals surface area contributed by atoms with Crippen LogP contribution in [0.1, 0.15) is 46.7 Å². The van der Waals surface area contributed by atoms with Gasteiger partial charge in [0.25, 0.3) is 5.56 Å². The van der Waals surface area contributed by atoms with E-state index in [9.17, 15) is 14.7 Å². The quantitative estimate of drug-likeness (QED) is 0.713. The van der Waals surface area contributed by atoms with E-state index < -0.39 is 0 Å². The number of phenols is 1. The van der Waals surface area contributed by atoms with E-state index >= 15 is 0 Å². The Bertz CT molecular complexity index is 1150. The number of carbonyl (C=O) groups excluding carboxylic acids is 1. The molecule has 2 N–H and O–H groups in total. The lowest BCUT2D eigenvalue weighted by atomic mass is 9.79. The van der Waals surface area contributed by atoms with Crippen LogP contribution in [0.15, 0.2) is 35.3 Å². The normalized spacial score (nSPS) is 19.2. The summed E-state index contributed by atoms with van der Waals surface area (Å²) >= 11 is 0. The molecule has 2 aromatic heterocycles. The molecule has 0 amide bonds. The van der Waals surface area contributed by atoms with Gasteiger partial charge in [-0.05, 0) is 42.4 Å². The maximum Gasteiger partial charge on any atom is 0.262 e. The van der Waals surface area contributed by atoms with Gasteiger partial charge in [-0.15, -0.1) is 0 Å². The van der Waals surface area contributed by atoms with E-state index in [2.05, 4.69) is 19.9 Å². The Hall–Kier alpha value is -3.22. The molecule has 0 spiro atoms. The number of hydrogen-bond acceptors (Lipinski definition) is 6. The summed E-state index contributed by atoms with van der Waals surface area (Å²) in [4.78, 5) is 39.5. The largest absolute Gasteiger partial charge is 0.508 e. The minimum absolute atomic E-state index is 0.0630. The average molecular weight is 376 g/mol. The van der Waals surface area contributed by atoms with Crippen molar-refractivity contribution in [2.24, 2.45) is 0 Å². The molecule has 3 heterocycles. The molecular weight excluding hydrogens is 356 g/mol. The number of phenolic OH excluding ortho intramolecular Hbond substituents is 1. The zero-order valence-corrected chi connectivity index (χ0v) is 15.3. The Morgan fingerprint density at radius 1 is 1.11 bits per heavy atom. The zero-order chi connectivity index (χ0) is 19.3. The third-order valence-corrected chi connectivity index (χ3v) is 5.80. The third-order valence-electron chi connectivity index (χ3n) is 5.80. The molecule has 1 fully saturated rings. The number of nitrogens with one attached hydrogen (secondary N) is 1. The number of hydrogen-bond donors (Lipinski definition) is 2. The summed E-state index contributed by atoms with van der Waals surface area (Å²) < 4.78 is 0. The van der Waals surface area contributed by atoms with E-state index in [0.717, 1.165) is 31.5 Å². The van der Waals surface area contributed by atoms with Gasteiger partial charge >= 0.3 is 0 Å². The second kappa shape index (κ2) is 6.44. The Kier molecular flexibility index (Phi) is 3.89. The molecule has 0 unspecified atom stereocenters. The molecule has 5 rings (SSSR count). The van der Waals surface area contributed by atoms with E-state index in [1.54, 1.807) is 18.3 Å². The van der Waals surface area contributed by atoms with Crippen molar-refractivity contribution in [1.82, 2.24) is 15.0 Å². The topological polar surface area (TPSA) is 99.2 Å². The van der Waals surface area contributed by atoms with Gasteiger partial charge in [-0.2, -0.15) is 4.98 Å². The Morgan fingerprint density at radius 3 is 2.68 bits per heavy atom. The van der Waals surface area contributed by atoms with Crippen LogP contribution in [0.4, 0.5) is 5.95 Å². The first-order chi connectivity index (χ1) is 13.6. The molecule has 1 aliphatic carbocycles. The summed E-state index contributed by atoms with van der Waals surface area (Å²) in [5, 5.41) is 10.6. The fourth-order valence-corrected chi connectivity index (χ4v) is 4.39. The molecule has 7 nitrogen and oxygen atoms in total. The Labute approximate surface area is 161 Å². The number of ketones is 1. The minimum atomic E-state index is -0.262. The molecule has 2 aliphatic rings. The fourth-order valence-electron chi connectivity index (χ4n) is 4.39. The summed E-state index contributed by atoms with van der Waals surface area (Å²) in [7, 11) is 0. The summed E-state index contributed by atoms with van der Waals surface area (Å²) in [6.45, 7) is 1.74. The minimum Gasteiger partial charge on any atom is -0.508 e. The maximum absolute atomic E-state index is 12.9. The lowest BCUT2D eigenvalue weighted by Crippen LogP contribution is -2.26. The van der Waals surface area contributed by atoms with E-state index in [1.807, 2.05) is 12.1 Å². The van der Waals surface area contributed by atoms with Crippen LogP contribution >= 0.6 is 0 Å².